The summed E-state index contributed by atoms with van der Waals surface area (Å²) in [6.45, 7) is 9.05. The third kappa shape index (κ3) is 4.71. The Bertz CT molecular complexity index is 1900. The molecule has 9 heteroatoms. The van der Waals surface area contributed by atoms with Crippen LogP contribution in [-0.4, -0.2) is 50.4 Å². The average Bonchev–Trinajstić information content (AvgIpc) is 3.73. The van der Waals surface area contributed by atoms with Crippen LogP contribution in [0, 0.1) is 13.8 Å². The number of ether oxygens (including phenoxy) is 1. The first-order valence-electron chi connectivity index (χ1n) is 14.9. The van der Waals surface area contributed by atoms with E-state index in [0.717, 1.165) is 57.6 Å². The summed E-state index contributed by atoms with van der Waals surface area (Å²) in [5.41, 5.74) is 9.18. The minimum Gasteiger partial charge on any atom is -0.468 e. The molecule has 1 unspecified atom stereocenters. The van der Waals surface area contributed by atoms with E-state index in [1.807, 2.05) is 32.0 Å². The highest BCUT2D eigenvalue weighted by Gasteiger charge is 2.44. The van der Waals surface area contributed by atoms with Gasteiger partial charge in [-0.2, -0.15) is 0 Å². The Morgan fingerprint density at radius 3 is 2.28 bits per heavy atom. The quantitative estimate of drug-likeness (QED) is 0.207. The zero-order chi connectivity index (χ0) is 30.7. The van der Waals surface area contributed by atoms with E-state index in [-0.39, 0.29) is 29.2 Å². The van der Waals surface area contributed by atoms with Gasteiger partial charge in [0.05, 0.1) is 23.8 Å². The van der Waals surface area contributed by atoms with Gasteiger partial charge in [0.25, 0.3) is 0 Å². The molecule has 8 bridgehead atoms. The van der Waals surface area contributed by atoms with Gasteiger partial charge < -0.3 is 19.5 Å². The van der Waals surface area contributed by atoms with Crippen LogP contribution in [0.1, 0.15) is 118 Å². The van der Waals surface area contributed by atoms with Crippen molar-refractivity contribution < 1.29 is 23.9 Å². The number of methoxy groups -OCH3 is 1. The van der Waals surface area contributed by atoms with Crippen LogP contribution in [0.15, 0.2) is 18.2 Å². The molecule has 2 aliphatic heterocycles. The molecule has 0 saturated carbocycles. The van der Waals surface area contributed by atoms with Crippen LogP contribution in [0.2, 0.25) is 0 Å². The Balaban J connectivity index is 1.77. The predicted octanol–water partition coefficient (Wildman–Crippen LogP) is 6.02. The Hall–Kier alpha value is -4.40. The normalized spacial score (nSPS) is 19.1. The number of Topliss-reactive ketones (excluding diaryl/α,β-unsaturated/α-hetero) is 3. The number of rotatable bonds is 6. The third-order valence-electron chi connectivity index (χ3n) is 9.24. The van der Waals surface area contributed by atoms with Crippen molar-refractivity contribution in [2.45, 2.75) is 84.5 Å². The van der Waals surface area contributed by atoms with Gasteiger partial charge in [-0.15, -0.1) is 0 Å². The standard InChI is InChI=1S/C34H36N4O5/c1-7-19-10-21-13-26-27(18(5)40)16(3)23(37-26)12-22-11-20(9-8-15(2)39)31(36-22)29-30(34(42)43-6)33(41)28-17(4)24(38-32(28)29)14-25(19)35-21/h12-14,19-20,30,37-38H,7-11H2,1-6H3/t19-,20+,30?/m1/s1. The van der Waals surface area contributed by atoms with Crippen LogP contribution in [0.25, 0.3) is 22.1 Å². The fraction of sp³-hybridized carbons (Fsp3) is 0.412. The topological polar surface area (TPSA) is 135 Å². The number of esters is 1. The Labute approximate surface area is 249 Å². The van der Waals surface area contributed by atoms with Crippen LogP contribution in [0.4, 0.5) is 0 Å². The van der Waals surface area contributed by atoms with E-state index in [2.05, 4.69) is 16.9 Å². The van der Waals surface area contributed by atoms with Gasteiger partial charge in [0.1, 0.15) is 11.7 Å². The molecule has 3 atom stereocenters. The number of nitrogens with zero attached hydrogens (tertiary/aromatic N) is 2. The number of hydrogen-bond donors (Lipinski definition) is 2. The van der Waals surface area contributed by atoms with Gasteiger partial charge in [-0.25, -0.2) is 0 Å². The number of carbonyl (C=O) groups is 4. The SMILES string of the molecule is CC[C@@H]1Cc2cc3[nH]c(cc4nc(c5c6[nH]c(cc1n2)c(C)c6C(=O)C5C(=O)OC)[C@@H](CCC(C)=O)C4)c(C)c3C(C)=O. The molecule has 2 N–H and O–H groups in total. The van der Waals surface area contributed by atoms with E-state index in [4.69, 9.17) is 14.7 Å². The zero-order valence-electron chi connectivity index (χ0n) is 25.4. The molecule has 0 fully saturated rings. The van der Waals surface area contributed by atoms with E-state index < -0.39 is 11.9 Å². The molecule has 0 spiro atoms. The first kappa shape index (κ1) is 28.7. The maximum absolute atomic E-state index is 13.9. The van der Waals surface area contributed by atoms with E-state index in [0.29, 0.717) is 47.2 Å². The molecular weight excluding hydrogens is 544 g/mol. The van der Waals surface area contributed by atoms with Gasteiger partial charge >= 0.3 is 5.97 Å². The molecule has 1 aliphatic carbocycles. The highest BCUT2D eigenvalue weighted by molar-refractivity contribution is 6.23. The van der Waals surface area contributed by atoms with Crippen LogP contribution < -0.4 is 0 Å². The number of aromatic nitrogens is 4. The third-order valence-corrected chi connectivity index (χ3v) is 9.24. The number of carbonyl (C=O) groups excluding carboxylic acids is 4. The monoisotopic (exact) mass is 580 g/mol. The van der Waals surface area contributed by atoms with Gasteiger partial charge in [-0.3, -0.25) is 24.4 Å². The van der Waals surface area contributed by atoms with Crippen molar-refractivity contribution >= 4 is 45.4 Å². The lowest BCUT2D eigenvalue weighted by molar-refractivity contribution is -0.141. The Morgan fingerprint density at radius 1 is 0.930 bits per heavy atom. The average molecular weight is 581 g/mol. The highest BCUT2D eigenvalue weighted by atomic mass is 16.5. The molecule has 3 aromatic rings. The van der Waals surface area contributed by atoms with Crippen molar-refractivity contribution in [1.82, 2.24) is 19.9 Å². The maximum atomic E-state index is 13.9. The molecule has 0 aromatic carbocycles. The van der Waals surface area contributed by atoms with E-state index >= 15 is 0 Å². The second-order valence-corrected chi connectivity index (χ2v) is 12.1. The molecule has 222 valence electrons. The van der Waals surface area contributed by atoms with Crippen LogP contribution >= 0.6 is 0 Å². The molecule has 0 saturated heterocycles. The van der Waals surface area contributed by atoms with Crippen molar-refractivity contribution in [2.24, 2.45) is 0 Å². The van der Waals surface area contributed by atoms with Gasteiger partial charge in [0.15, 0.2) is 11.6 Å². The van der Waals surface area contributed by atoms with Crippen molar-refractivity contribution in [2.75, 3.05) is 7.11 Å². The largest absolute Gasteiger partial charge is 0.468 e. The fourth-order valence-electron chi connectivity index (χ4n) is 7.01. The zero-order valence-corrected chi connectivity index (χ0v) is 25.4. The lowest BCUT2D eigenvalue weighted by Crippen LogP contribution is -2.21. The lowest BCUT2D eigenvalue weighted by Gasteiger charge is -2.14. The predicted molar refractivity (Wildman–Crippen MR) is 163 cm³/mol. The number of hydrogen-bond acceptors (Lipinski definition) is 7. The molecule has 9 nitrogen and oxygen atoms in total. The molecule has 3 aromatic heterocycles. The summed E-state index contributed by atoms with van der Waals surface area (Å²) in [7, 11) is 1.28. The first-order chi connectivity index (χ1) is 20.5. The number of aromatic amines is 2. The van der Waals surface area contributed by atoms with E-state index in [9.17, 15) is 19.2 Å². The second-order valence-electron chi connectivity index (χ2n) is 12.1. The summed E-state index contributed by atoms with van der Waals surface area (Å²) in [5, 5.41) is 0. The van der Waals surface area contributed by atoms with Crippen LogP contribution in [0.3, 0.4) is 0 Å². The van der Waals surface area contributed by atoms with Crippen LogP contribution in [0.5, 0.6) is 0 Å². The number of aryl methyl sites for hydroxylation is 2. The fourth-order valence-corrected chi connectivity index (χ4v) is 7.01. The van der Waals surface area contributed by atoms with Crippen molar-refractivity contribution in [3.63, 3.8) is 0 Å². The van der Waals surface area contributed by atoms with E-state index in [1.54, 1.807) is 13.8 Å². The van der Waals surface area contributed by atoms with Gasteiger partial charge in [0.2, 0.25) is 0 Å². The number of ketones is 3. The molecule has 6 rings (SSSR count). The maximum Gasteiger partial charge on any atom is 0.321 e. The lowest BCUT2D eigenvalue weighted by atomic mass is 9.89. The van der Waals surface area contributed by atoms with E-state index in [1.165, 1.54) is 7.11 Å². The van der Waals surface area contributed by atoms with Crippen molar-refractivity contribution in [3.05, 3.63) is 68.8 Å². The number of fused-ring (bicyclic) bond motifs is 8. The second kappa shape index (κ2) is 10.7. The summed E-state index contributed by atoms with van der Waals surface area (Å²) >= 11 is 0. The molecule has 3 aliphatic rings. The minimum atomic E-state index is -1.14. The highest BCUT2D eigenvalue weighted by Crippen LogP contribution is 2.44. The summed E-state index contributed by atoms with van der Waals surface area (Å²) in [6, 6.07) is 5.91. The Kier molecular flexibility index (Phi) is 7.15. The molecular formula is C34H36N4O5. The van der Waals surface area contributed by atoms with Gasteiger partial charge in [-0.1, -0.05) is 6.92 Å². The minimum absolute atomic E-state index is 0.0402. The summed E-state index contributed by atoms with van der Waals surface area (Å²) in [4.78, 5) is 68.8. The van der Waals surface area contributed by atoms with Gasteiger partial charge in [0, 0.05) is 63.1 Å². The summed E-state index contributed by atoms with van der Waals surface area (Å²) in [6.07, 6.45) is 3.02. The smallest absolute Gasteiger partial charge is 0.321 e. The molecule has 43 heavy (non-hydrogen) atoms. The summed E-state index contributed by atoms with van der Waals surface area (Å²) in [5.74, 6) is -2.07. The number of nitrogens with one attached hydrogen (secondary N) is 2. The van der Waals surface area contributed by atoms with Crippen LogP contribution in [-0.2, 0) is 27.2 Å². The van der Waals surface area contributed by atoms with Crippen molar-refractivity contribution in [3.8, 4) is 0 Å². The number of H-pyrrole nitrogens is 2. The first-order valence-corrected chi connectivity index (χ1v) is 14.9. The molecule has 0 radical (unpaired) electrons. The molecule has 0 amide bonds. The van der Waals surface area contributed by atoms with Crippen molar-refractivity contribution in [1.29, 1.82) is 0 Å². The molecule has 5 heterocycles. The summed E-state index contributed by atoms with van der Waals surface area (Å²) < 4.78 is 5.13. The van der Waals surface area contributed by atoms with Gasteiger partial charge in [-0.05, 0) is 82.7 Å². The Morgan fingerprint density at radius 2 is 1.60 bits per heavy atom.